The molecule has 2 aromatic rings. The van der Waals surface area contributed by atoms with Crippen molar-refractivity contribution in [2.75, 3.05) is 0 Å². The number of pyridine rings is 2. The lowest BCUT2D eigenvalue weighted by atomic mass is 10.1. The maximum atomic E-state index is 4.02. The van der Waals surface area contributed by atoms with Crippen LogP contribution in [0.15, 0.2) is 49.1 Å². The van der Waals surface area contributed by atoms with Gasteiger partial charge in [-0.1, -0.05) is 90.9 Å². The van der Waals surface area contributed by atoms with Gasteiger partial charge >= 0.3 is 0 Å². The van der Waals surface area contributed by atoms with Crippen LogP contribution in [0.25, 0.3) is 0 Å². The Kier molecular flexibility index (Phi) is 18.1. The molecule has 0 aromatic carbocycles. The van der Waals surface area contributed by atoms with Gasteiger partial charge in [0.05, 0.1) is 0 Å². The maximum Gasteiger partial charge on any atom is 0.0270 e. The zero-order valence-electron chi connectivity index (χ0n) is 19.8. The number of aromatic nitrogens is 2. The molecule has 0 atom stereocenters. The Morgan fingerprint density at radius 2 is 0.733 bits per heavy atom. The summed E-state index contributed by atoms with van der Waals surface area (Å²) in [7, 11) is 0. The monoisotopic (exact) mass is 410 g/mol. The highest BCUT2D eigenvalue weighted by molar-refractivity contribution is 5.10. The fourth-order valence-corrected chi connectivity index (χ4v) is 3.67. The fourth-order valence-electron chi connectivity index (χ4n) is 3.67. The van der Waals surface area contributed by atoms with E-state index >= 15 is 0 Å². The van der Waals surface area contributed by atoms with Crippen molar-refractivity contribution in [2.45, 2.75) is 117 Å². The van der Waals surface area contributed by atoms with Gasteiger partial charge in [0.2, 0.25) is 0 Å². The SMILES string of the molecule is CCCCCCCCCc1ccncc1.CCCCCCCCCc1ccncc1. The molecule has 0 saturated carbocycles. The molecule has 0 saturated heterocycles. The minimum atomic E-state index is 1.22. The van der Waals surface area contributed by atoms with Crippen molar-refractivity contribution in [3.05, 3.63) is 60.2 Å². The van der Waals surface area contributed by atoms with Crippen molar-refractivity contribution in [1.82, 2.24) is 9.97 Å². The molecule has 2 heterocycles. The highest BCUT2D eigenvalue weighted by Gasteiger charge is 1.94. The largest absolute Gasteiger partial charge is 0.265 e. The van der Waals surface area contributed by atoms with Crippen molar-refractivity contribution in [1.29, 1.82) is 0 Å². The maximum absolute atomic E-state index is 4.02. The molecule has 30 heavy (non-hydrogen) atoms. The van der Waals surface area contributed by atoms with E-state index in [1.54, 1.807) is 0 Å². The molecule has 0 unspecified atom stereocenters. The highest BCUT2D eigenvalue weighted by Crippen LogP contribution is 2.11. The van der Waals surface area contributed by atoms with E-state index in [1.807, 2.05) is 24.8 Å². The molecule has 0 N–H and O–H groups in total. The number of nitrogens with zero attached hydrogens (tertiary/aromatic N) is 2. The number of hydrogen-bond donors (Lipinski definition) is 0. The van der Waals surface area contributed by atoms with Gasteiger partial charge in [0, 0.05) is 24.8 Å². The van der Waals surface area contributed by atoms with Crippen LogP contribution in [0.4, 0.5) is 0 Å². The first kappa shape index (κ1) is 26.3. The first-order chi connectivity index (χ1) is 14.9. The van der Waals surface area contributed by atoms with E-state index in [0.29, 0.717) is 0 Å². The molecule has 168 valence electrons. The Balaban J connectivity index is 0.000000300. The minimum absolute atomic E-state index is 1.22. The molecule has 2 rings (SSSR count). The minimum Gasteiger partial charge on any atom is -0.265 e. The number of rotatable bonds is 16. The number of hydrogen-bond acceptors (Lipinski definition) is 2. The first-order valence-electron chi connectivity index (χ1n) is 12.6. The molecule has 0 aliphatic rings. The third-order valence-corrected chi connectivity index (χ3v) is 5.64. The molecular weight excluding hydrogens is 364 g/mol. The van der Waals surface area contributed by atoms with Crippen molar-refractivity contribution in [3.8, 4) is 0 Å². The third-order valence-electron chi connectivity index (χ3n) is 5.64. The second-order valence-corrected chi connectivity index (χ2v) is 8.45. The van der Waals surface area contributed by atoms with Gasteiger partial charge in [-0.3, -0.25) is 9.97 Å². The molecule has 0 spiro atoms. The van der Waals surface area contributed by atoms with Crippen LogP contribution in [0.2, 0.25) is 0 Å². The summed E-state index contributed by atoms with van der Waals surface area (Å²) in [6, 6.07) is 8.49. The molecule has 0 fully saturated rings. The van der Waals surface area contributed by atoms with Crippen LogP contribution in [-0.2, 0) is 12.8 Å². The molecule has 2 aromatic heterocycles. The molecule has 0 bridgehead atoms. The van der Waals surface area contributed by atoms with Gasteiger partial charge in [0.15, 0.2) is 0 Å². The van der Waals surface area contributed by atoms with Crippen molar-refractivity contribution < 1.29 is 0 Å². The summed E-state index contributed by atoms with van der Waals surface area (Å²) in [4.78, 5) is 8.05. The predicted molar refractivity (Wildman–Crippen MR) is 132 cm³/mol. The average molecular weight is 411 g/mol. The van der Waals surface area contributed by atoms with Gasteiger partial charge < -0.3 is 0 Å². The summed E-state index contributed by atoms with van der Waals surface area (Å²) in [6.45, 7) is 4.53. The quantitative estimate of drug-likeness (QED) is 0.258. The topological polar surface area (TPSA) is 25.8 Å². The van der Waals surface area contributed by atoms with E-state index in [2.05, 4.69) is 48.1 Å². The van der Waals surface area contributed by atoms with E-state index in [9.17, 15) is 0 Å². The van der Waals surface area contributed by atoms with Crippen LogP contribution in [0, 0.1) is 0 Å². The van der Waals surface area contributed by atoms with Crippen LogP contribution < -0.4 is 0 Å². The van der Waals surface area contributed by atoms with Gasteiger partial charge in [0.25, 0.3) is 0 Å². The zero-order valence-corrected chi connectivity index (χ0v) is 19.8. The lowest BCUT2D eigenvalue weighted by molar-refractivity contribution is 0.589. The Labute approximate surface area is 187 Å². The molecular formula is C28H46N2. The van der Waals surface area contributed by atoms with Crippen LogP contribution in [0.5, 0.6) is 0 Å². The average Bonchev–Trinajstić information content (AvgIpc) is 2.80. The molecule has 2 heteroatoms. The molecule has 2 nitrogen and oxygen atoms in total. The van der Waals surface area contributed by atoms with E-state index in [4.69, 9.17) is 0 Å². The fraction of sp³-hybridized carbons (Fsp3) is 0.643. The second kappa shape index (κ2) is 20.6. The number of unbranched alkanes of at least 4 members (excludes halogenated alkanes) is 12. The van der Waals surface area contributed by atoms with Crippen LogP contribution in [-0.4, -0.2) is 9.97 Å². The van der Waals surface area contributed by atoms with Gasteiger partial charge in [-0.25, -0.2) is 0 Å². The smallest absolute Gasteiger partial charge is 0.0270 e. The second-order valence-electron chi connectivity index (χ2n) is 8.45. The van der Waals surface area contributed by atoms with Crippen molar-refractivity contribution in [3.63, 3.8) is 0 Å². The first-order valence-corrected chi connectivity index (χ1v) is 12.6. The van der Waals surface area contributed by atoms with Crippen LogP contribution in [0.3, 0.4) is 0 Å². The summed E-state index contributed by atoms with van der Waals surface area (Å²) < 4.78 is 0. The van der Waals surface area contributed by atoms with Crippen LogP contribution in [0.1, 0.15) is 115 Å². The molecule has 0 amide bonds. The Bertz CT molecular complexity index is 514. The standard InChI is InChI=1S/2C14H23N/c2*1-2-3-4-5-6-7-8-9-14-10-12-15-13-11-14/h2*10-13H,2-9H2,1H3. The lowest BCUT2D eigenvalue weighted by Gasteiger charge is -2.01. The Hall–Kier alpha value is -1.70. The predicted octanol–water partition coefficient (Wildman–Crippen LogP) is 8.75. The van der Waals surface area contributed by atoms with E-state index < -0.39 is 0 Å². The van der Waals surface area contributed by atoms with Gasteiger partial charge in [-0.05, 0) is 61.1 Å². The van der Waals surface area contributed by atoms with Crippen molar-refractivity contribution in [2.24, 2.45) is 0 Å². The Morgan fingerprint density at radius 1 is 0.433 bits per heavy atom. The summed E-state index contributed by atoms with van der Waals surface area (Å²) in [5.74, 6) is 0. The van der Waals surface area contributed by atoms with Gasteiger partial charge in [0.1, 0.15) is 0 Å². The molecule has 0 radical (unpaired) electrons. The highest BCUT2D eigenvalue weighted by atomic mass is 14.6. The lowest BCUT2D eigenvalue weighted by Crippen LogP contribution is -1.86. The summed E-state index contributed by atoms with van der Waals surface area (Å²) in [5, 5.41) is 0. The van der Waals surface area contributed by atoms with E-state index in [0.717, 1.165) is 0 Å². The van der Waals surface area contributed by atoms with Gasteiger partial charge in [-0.15, -0.1) is 0 Å². The summed E-state index contributed by atoms with van der Waals surface area (Å²) in [6.07, 6.45) is 29.4. The third kappa shape index (κ3) is 16.1. The zero-order chi connectivity index (χ0) is 21.5. The molecule has 0 aliphatic heterocycles. The van der Waals surface area contributed by atoms with E-state index in [-0.39, 0.29) is 0 Å². The summed E-state index contributed by atoms with van der Waals surface area (Å²) >= 11 is 0. The van der Waals surface area contributed by atoms with Crippen LogP contribution >= 0.6 is 0 Å². The summed E-state index contributed by atoms with van der Waals surface area (Å²) in [5.41, 5.74) is 2.86. The molecule has 0 aliphatic carbocycles. The van der Waals surface area contributed by atoms with Gasteiger partial charge in [-0.2, -0.15) is 0 Å². The van der Waals surface area contributed by atoms with E-state index in [1.165, 1.54) is 114 Å². The van der Waals surface area contributed by atoms with Crippen molar-refractivity contribution >= 4 is 0 Å². The Morgan fingerprint density at radius 3 is 1.07 bits per heavy atom. The number of aryl methyl sites for hydroxylation is 2. The normalized spacial score (nSPS) is 10.5.